The van der Waals surface area contributed by atoms with Crippen molar-refractivity contribution in [1.29, 1.82) is 0 Å². The molecular formula is C16H20N6S. The monoisotopic (exact) mass is 328 g/mol. The molecule has 0 radical (unpaired) electrons. The Labute approximate surface area is 139 Å². The number of aryl methyl sites for hydroxylation is 4. The van der Waals surface area contributed by atoms with Gasteiger partial charge in [0, 0.05) is 43.3 Å². The lowest BCUT2D eigenvalue weighted by molar-refractivity contribution is 0.587. The third-order valence-corrected chi connectivity index (χ3v) is 5.26. The average Bonchev–Trinajstić information content (AvgIpc) is 3.23. The van der Waals surface area contributed by atoms with Gasteiger partial charge in [-0.25, -0.2) is 9.97 Å². The topological polar surface area (TPSA) is 60.6 Å². The molecule has 1 aliphatic rings. The molecule has 6 nitrogen and oxygen atoms in total. The van der Waals surface area contributed by atoms with Crippen molar-refractivity contribution >= 4 is 11.3 Å². The largest absolute Gasteiger partial charge is 0.329 e. The van der Waals surface area contributed by atoms with Gasteiger partial charge in [0.25, 0.3) is 0 Å². The van der Waals surface area contributed by atoms with E-state index in [-0.39, 0.29) is 0 Å². The third kappa shape index (κ3) is 2.94. The molecule has 120 valence electrons. The molecule has 3 aromatic rings. The molecule has 0 atom stereocenters. The van der Waals surface area contributed by atoms with Crippen LogP contribution in [0.25, 0.3) is 11.5 Å². The van der Waals surface area contributed by atoms with Crippen LogP contribution in [0.4, 0.5) is 0 Å². The number of rotatable bonds is 4. The molecule has 0 amide bonds. The number of fused-ring (bicyclic) bond motifs is 1. The van der Waals surface area contributed by atoms with Crippen LogP contribution in [0.2, 0.25) is 0 Å². The summed E-state index contributed by atoms with van der Waals surface area (Å²) in [6, 6.07) is 2.16. The summed E-state index contributed by atoms with van der Waals surface area (Å²) in [6.45, 7) is 5.89. The number of imidazole rings is 1. The molecular weight excluding hydrogens is 308 g/mol. The highest BCUT2D eigenvalue weighted by atomic mass is 32.1. The molecule has 1 N–H and O–H groups in total. The van der Waals surface area contributed by atoms with Crippen LogP contribution in [0.3, 0.4) is 0 Å². The van der Waals surface area contributed by atoms with Crippen LogP contribution in [0.15, 0.2) is 24.0 Å². The minimum atomic E-state index is 0.883. The predicted molar refractivity (Wildman–Crippen MR) is 90.3 cm³/mol. The Morgan fingerprint density at radius 2 is 2.30 bits per heavy atom. The summed E-state index contributed by atoms with van der Waals surface area (Å²) in [7, 11) is 0. The van der Waals surface area contributed by atoms with Crippen LogP contribution in [-0.2, 0) is 26.1 Å². The fourth-order valence-electron chi connectivity index (χ4n) is 2.98. The van der Waals surface area contributed by atoms with E-state index < -0.39 is 0 Å². The third-order valence-electron chi connectivity index (χ3n) is 4.26. The lowest BCUT2D eigenvalue weighted by Gasteiger charge is -2.05. The maximum absolute atomic E-state index is 4.76. The maximum Gasteiger partial charge on any atom is 0.160 e. The minimum Gasteiger partial charge on any atom is -0.329 e. The van der Waals surface area contributed by atoms with Gasteiger partial charge in [0.1, 0.15) is 5.69 Å². The molecule has 0 aliphatic carbocycles. The van der Waals surface area contributed by atoms with Gasteiger partial charge in [-0.3, -0.25) is 4.68 Å². The Hall–Kier alpha value is -1.99. The summed E-state index contributed by atoms with van der Waals surface area (Å²) in [5.74, 6) is 0.952. The molecule has 23 heavy (non-hydrogen) atoms. The molecule has 4 heterocycles. The van der Waals surface area contributed by atoms with E-state index in [9.17, 15) is 0 Å². The summed E-state index contributed by atoms with van der Waals surface area (Å²) in [6.07, 6.45) is 5.99. The summed E-state index contributed by atoms with van der Waals surface area (Å²) in [4.78, 5) is 10.2. The molecule has 0 saturated heterocycles. The van der Waals surface area contributed by atoms with E-state index in [0.29, 0.717) is 0 Å². The lowest BCUT2D eigenvalue weighted by atomic mass is 10.3. The first-order chi connectivity index (χ1) is 11.3. The summed E-state index contributed by atoms with van der Waals surface area (Å²) in [5.41, 5.74) is 5.26. The molecule has 0 fully saturated rings. The zero-order valence-corrected chi connectivity index (χ0v) is 14.0. The van der Waals surface area contributed by atoms with Gasteiger partial charge in [-0.2, -0.15) is 5.10 Å². The molecule has 0 unspecified atom stereocenters. The zero-order valence-electron chi connectivity index (χ0n) is 13.2. The highest BCUT2D eigenvalue weighted by Crippen LogP contribution is 2.20. The first-order valence-electron chi connectivity index (χ1n) is 7.99. The lowest BCUT2D eigenvalue weighted by Crippen LogP contribution is -2.11. The average molecular weight is 328 g/mol. The number of hydrogen-bond donors (Lipinski definition) is 1. The SMILES string of the molecule is Cc1ncsc1CCn1ccnc1-c1cc2n(n1)CCCNC2. The van der Waals surface area contributed by atoms with Gasteiger partial charge >= 0.3 is 0 Å². The molecule has 0 bridgehead atoms. The van der Waals surface area contributed by atoms with Crippen molar-refractivity contribution in [2.24, 2.45) is 0 Å². The van der Waals surface area contributed by atoms with Gasteiger partial charge in [0.05, 0.1) is 16.9 Å². The number of thiazole rings is 1. The number of aromatic nitrogens is 5. The Kier molecular flexibility index (Phi) is 3.97. The smallest absolute Gasteiger partial charge is 0.160 e. The Balaban J connectivity index is 1.56. The van der Waals surface area contributed by atoms with Gasteiger partial charge in [-0.15, -0.1) is 11.3 Å². The van der Waals surface area contributed by atoms with E-state index in [1.807, 2.05) is 17.9 Å². The normalized spacial score (nSPS) is 14.7. The predicted octanol–water partition coefficient (Wildman–Crippen LogP) is 2.25. The maximum atomic E-state index is 4.76. The van der Waals surface area contributed by atoms with E-state index in [1.165, 1.54) is 10.6 Å². The summed E-state index contributed by atoms with van der Waals surface area (Å²) in [5, 5.41) is 8.19. The second-order valence-electron chi connectivity index (χ2n) is 5.83. The molecule has 7 heteroatoms. The van der Waals surface area contributed by atoms with Crippen LogP contribution in [0.1, 0.15) is 22.7 Å². The molecule has 0 saturated carbocycles. The van der Waals surface area contributed by atoms with Crippen molar-refractivity contribution in [2.45, 2.75) is 39.4 Å². The molecule has 3 aromatic heterocycles. The summed E-state index contributed by atoms with van der Waals surface area (Å²) >= 11 is 1.72. The van der Waals surface area contributed by atoms with E-state index in [0.717, 1.165) is 56.2 Å². The Morgan fingerprint density at radius 3 is 3.17 bits per heavy atom. The van der Waals surface area contributed by atoms with Crippen molar-refractivity contribution in [3.05, 3.63) is 40.2 Å². The second kappa shape index (κ2) is 6.25. The molecule has 4 rings (SSSR count). The van der Waals surface area contributed by atoms with E-state index >= 15 is 0 Å². The van der Waals surface area contributed by atoms with Crippen LogP contribution in [-0.4, -0.2) is 30.9 Å². The van der Waals surface area contributed by atoms with E-state index in [1.54, 1.807) is 11.3 Å². The Bertz CT molecular complexity index is 776. The van der Waals surface area contributed by atoms with Crippen molar-refractivity contribution < 1.29 is 0 Å². The van der Waals surface area contributed by atoms with Gasteiger partial charge in [-0.05, 0) is 26.0 Å². The first kappa shape index (κ1) is 14.6. The van der Waals surface area contributed by atoms with Crippen LogP contribution in [0, 0.1) is 6.92 Å². The van der Waals surface area contributed by atoms with Gasteiger partial charge < -0.3 is 9.88 Å². The number of hydrogen-bond acceptors (Lipinski definition) is 5. The fourth-order valence-corrected chi connectivity index (χ4v) is 3.75. The van der Waals surface area contributed by atoms with Crippen LogP contribution in [0.5, 0.6) is 0 Å². The van der Waals surface area contributed by atoms with Crippen molar-refractivity contribution in [2.75, 3.05) is 6.54 Å². The number of nitrogens with one attached hydrogen (secondary N) is 1. The minimum absolute atomic E-state index is 0.883. The van der Waals surface area contributed by atoms with Crippen LogP contribution >= 0.6 is 11.3 Å². The quantitative estimate of drug-likeness (QED) is 0.798. The van der Waals surface area contributed by atoms with Gasteiger partial charge in [-0.1, -0.05) is 0 Å². The first-order valence-corrected chi connectivity index (χ1v) is 8.87. The van der Waals surface area contributed by atoms with Crippen molar-refractivity contribution in [3.63, 3.8) is 0 Å². The fraction of sp³-hybridized carbons (Fsp3) is 0.438. The number of nitrogens with zero attached hydrogens (tertiary/aromatic N) is 5. The standard InChI is InChI=1S/C16H20N6S/c1-12-15(23-11-19-12)3-7-21-8-5-18-16(21)14-9-13-10-17-4-2-6-22(13)20-14/h5,8-9,11,17H,2-4,6-7,10H2,1H3. The van der Waals surface area contributed by atoms with Gasteiger partial charge in [0.15, 0.2) is 5.82 Å². The Morgan fingerprint density at radius 1 is 1.35 bits per heavy atom. The van der Waals surface area contributed by atoms with Crippen LogP contribution < -0.4 is 5.32 Å². The van der Waals surface area contributed by atoms with E-state index in [2.05, 4.69) is 37.5 Å². The summed E-state index contributed by atoms with van der Waals surface area (Å²) < 4.78 is 4.30. The van der Waals surface area contributed by atoms with Crippen molar-refractivity contribution in [3.8, 4) is 11.5 Å². The van der Waals surface area contributed by atoms with E-state index in [4.69, 9.17) is 5.10 Å². The highest BCUT2D eigenvalue weighted by Gasteiger charge is 2.15. The zero-order chi connectivity index (χ0) is 15.6. The molecule has 0 aromatic carbocycles. The van der Waals surface area contributed by atoms with Crippen molar-refractivity contribution in [1.82, 2.24) is 29.6 Å². The molecule has 1 aliphatic heterocycles. The highest BCUT2D eigenvalue weighted by molar-refractivity contribution is 7.09. The second-order valence-corrected chi connectivity index (χ2v) is 6.77. The molecule has 0 spiro atoms. The van der Waals surface area contributed by atoms with Gasteiger partial charge in [0.2, 0.25) is 0 Å².